The van der Waals surface area contributed by atoms with Gasteiger partial charge in [0.25, 0.3) is 5.91 Å². The quantitative estimate of drug-likeness (QED) is 0.805. The van der Waals surface area contributed by atoms with Crippen molar-refractivity contribution in [2.24, 2.45) is 0 Å². The van der Waals surface area contributed by atoms with Gasteiger partial charge in [0.1, 0.15) is 6.61 Å². The second-order valence-corrected chi connectivity index (χ2v) is 4.07. The van der Waals surface area contributed by atoms with E-state index in [4.69, 9.17) is 9.47 Å². The summed E-state index contributed by atoms with van der Waals surface area (Å²) in [4.78, 5) is 11.9. The zero-order chi connectivity index (χ0) is 12.3. The average Bonchev–Trinajstić information content (AvgIpc) is 2.35. The molecule has 0 aromatic heterocycles. The van der Waals surface area contributed by atoms with Gasteiger partial charge in [-0.1, -0.05) is 18.2 Å². The summed E-state index contributed by atoms with van der Waals surface area (Å²) in [6.45, 7) is 5.88. The van der Waals surface area contributed by atoms with E-state index in [2.05, 4.69) is 11.9 Å². The van der Waals surface area contributed by atoms with Crippen molar-refractivity contribution in [3.63, 3.8) is 0 Å². The molecule has 1 atom stereocenters. The Bertz CT molecular complexity index is 444. The van der Waals surface area contributed by atoms with Gasteiger partial charge in [0.2, 0.25) is 5.60 Å². The second kappa shape index (κ2) is 4.49. The minimum absolute atomic E-state index is 0.201. The molecule has 0 radical (unpaired) electrons. The van der Waals surface area contributed by atoms with Crippen molar-refractivity contribution >= 4 is 5.91 Å². The Kier molecular flexibility index (Phi) is 3.04. The van der Waals surface area contributed by atoms with Gasteiger partial charge in [0.05, 0.1) is 0 Å². The van der Waals surface area contributed by atoms with Gasteiger partial charge in [-0.3, -0.25) is 4.79 Å². The predicted molar refractivity (Wildman–Crippen MR) is 64.2 cm³/mol. The van der Waals surface area contributed by atoms with E-state index >= 15 is 0 Å². The molecule has 4 nitrogen and oxygen atoms in total. The van der Waals surface area contributed by atoms with Crippen LogP contribution in [0.15, 0.2) is 36.9 Å². The number of ether oxygens (including phenoxy) is 2. The molecule has 0 saturated carbocycles. The molecule has 1 aliphatic heterocycles. The van der Waals surface area contributed by atoms with Crippen molar-refractivity contribution in [2.75, 3.05) is 13.2 Å². The topological polar surface area (TPSA) is 47.6 Å². The monoisotopic (exact) mass is 233 g/mol. The molecule has 1 unspecified atom stereocenters. The van der Waals surface area contributed by atoms with E-state index in [1.807, 2.05) is 18.2 Å². The SMILES string of the molecule is C=CCNC(=O)C1(C)COc2ccccc2O1. The Balaban J connectivity index is 2.14. The molecular formula is C13H15NO3. The highest BCUT2D eigenvalue weighted by molar-refractivity contribution is 5.85. The third-order valence-corrected chi connectivity index (χ3v) is 2.57. The normalized spacial score (nSPS) is 21.7. The van der Waals surface area contributed by atoms with Gasteiger partial charge >= 0.3 is 0 Å². The standard InChI is InChI=1S/C13H15NO3/c1-3-8-14-12(15)13(2)9-16-10-6-4-5-7-11(10)17-13/h3-7H,1,8-9H2,2H3,(H,14,15). The number of carbonyl (C=O) groups excluding carboxylic acids is 1. The van der Waals surface area contributed by atoms with Crippen LogP contribution >= 0.6 is 0 Å². The third kappa shape index (κ3) is 2.25. The minimum atomic E-state index is -0.989. The number of nitrogens with one attached hydrogen (secondary N) is 1. The first-order valence-corrected chi connectivity index (χ1v) is 5.46. The average molecular weight is 233 g/mol. The highest BCUT2D eigenvalue weighted by Crippen LogP contribution is 2.34. The Morgan fingerprint density at radius 2 is 2.24 bits per heavy atom. The molecule has 17 heavy (non-hydrogen) atoms. The first kappa shape index (κ1) is 11.5. The van der Waals surface area contributed by atoms with Crippen LogP contribution in [-0.2, 0) is 4.79 Å². The molecule has 2 rings (SSSR count). The van der Waals surface area contributed by atoms with Gasteiger partial charge < -0.3 is 14.8 Å². The van der Waals surface area contributed by atoms with Gasteiger partial charge in [0.15, 0.2) is 11.5 Å². The van der Waals surface area contributed by atoms with E-state index in [1.54, 1.807) is 19.1 Å². The van der Waals surface area contributed by atoms with Gasteiger partial charge in [-0.25, -0.2) is 0 Å². The largest absolute Gasteiger partial charge is 0.485 e. The maximum absolute atomic E-state index is 11.9. The molecule has 1 amide bonds. The van der Waals surface area contributed by atoms with Crippen molar-refractivity contribution in [2.45, 2.75) is 12.5 Å². The molecule has 0 saturated heterocycles. The highest BCUT2D eigenvalue weighted by atomic mass is 16.6. The van der Waals surface area contributed by atoms with E-state index in [1.165, 1.54) is 0 Å². The van der Waals surface area contributed by atoms with Crippen molar-refractivity contribution in [1.82, 2.24) is 5.32 Å². The fourth-order valence-electron chi connectivity index (χ4n) is 1.61. The smallest absolute Gasteiger partial charge is 0.267 e. The van der Waals surface area contributed by atoms with Crippen LogP contribution in [-0.4, -0.2) is 24.7 Å². The third-order valence-electron chi connectivity index (χ3n) is 2.57. The van der Waals surface area contributed by atoms with Crippen molar-refractivity contribution in [3.05, 3.63) is 36.9 Å². The van der Waals surface area contributed by atoms with Crippen molar-refractivity contribution in [3.8, 4) is 11.5 Å². The lowest BCUT2D eigenvalue weighted by molar-refractivity contribution is -0.139. The van der Waals surface area contributed by atoms with Gasteiger partial charge in [-0.15, -0.1) is 6.58 Å². The molecule has 1 heterocycles. The van der Waals surface area contributed by atoms with Gasteiger partial charge in [-0.2, -0.15) is 0 Å². The molecular weight excluding hydrogens is 218 g/mol. The maximum Gasteiger partial charge on any atom is 0.267 e. The fourth-order valence-corrected chi connectivity index (χ4v) is 1.61. The Morgan fingerprint density at radius 1 is 1.53 bits per heavy atom. The molecule has 90 valence electrons. The Hall–Kier alpha value is -1.97. The molecule has 1 aromatic rings. The molecule has 1 aromatic carbocycles. The number of amides is 1. The number of para-hydroxylation sites is 2. The summed E-state index contributed by atoms with van der Waals surface area (Å²) in [7, 11) is 0. The Morgan fingerprint density at radius 3 is 2.94 bits per heavy atom. The van der Waals surface area contributed by atoms with Crippen LogP contribution in [0, 0.1) is 0 Å². The Labute approximate surface area is 100 Å². The maximum atomic E-state index is 11.9. The molecule has 0 aliphatic carbocycles. The summed E-state index contributed by atoms with van der Waals surface area (Å²) < 4.78 is 11.2. The van der Waals surface area contributed by atoms with Crippen molar-refractivity contribution in [1.29, 1.82) is 0 Å². The van der Waals surface area contributed by atoms with Crippen molar-refractivity contribution < 1.29 is 14.3 Å². The predicted octanol–water partition coefficient (Wildman–Crippen LogP) is 1.52. The molecule has 4 heteroatoms. The summed E-state index contributed by atoms with van der Waals surface area (Å²) in [5.41, 5.74) is -0.989. The molecule has 0 fully saturated rings. The number of carbonyl (C=O) groups is 1. The zero-order valence-corrected chi connectivity index (χ0v) is 9.73. The lowest BCUT2D eigenvalue weighted by Gasteiger charge is -2.33. The summed E-state index contributed by atoms with van der Waals surface area (Å²) in [5, 5.41) is 2.71. The first-order valence-electron chi connectivity index (χ1n) is 5.46. The molecule has 0 spiro atoms. The van der Waals surface area contributed by atoms with E-state index < -0.39 is 5.60 Å². The first-order chi connectivity index (χ1) is 8.15. The van der Waals surface area contributed by atoms with Gasteiger partial charge in [-0.05, 0) is 19.1 Å². The number of fused-ring (bicyclic) bond motifs is 1. The zero-order valence-electron chi connectivity index (χ0n) is 9.73. The van der Waals surface area contributed by atoms with Crippen LogP contribution in [0.4, 0.5) is 0 Å². The lowest BCUT2D eigenvalue weighted by atomic mass is 10.1. The molecule has 1 aliphatic rings. The van der Waals surface area contributed by atoms with E-state index in [0.717, 1.165) is 0 Å². The number of hydrogen-bond acceptors (Lipinski definition) is 3. The van der Waals surface area contributed by atoms with Crippen LogP contribution in [0.3, 0.4) is 0 Å². The van der Waals surface area contributed by atoms with Crippen LogP contribution in [0.5, 0.6) is 11.5 Å². The summed E-state index contributed by atoms with van der Waals surface area (Å²) in [6, 6.07) is 7.31. The highest BCUT2D eigenvalue weighted by Gasteiger charge is 2.40. The lowest BCUT2D eigenvalue weighted by Crippen LogP contribution is -2.54. The van der Waals surface area contributed by atoms with E-state index in [0.29, 0.717) is 18.0 Å². The summed E-state index contributed by atoms with van der Waals surface area (Å²) in [5.74, 6) is 1.06. The summed E-state index contributed by atoms with van der Waals surface area (Å²) in [6.07, 6.45) is 1.62. The van der Waals surface area contributed by atoms with Crippen LogP contribution in [0.25, 0.3) is 0 Å². The van der Waals surface area contributed by atoms with E-state index in [-0.39, 0.29) is 12.5 Å². The number of rotatable bonds is 3. The van der Waals surface area contributed by atoms with E-state index in [9.17, 15) is 4.79 Å². The second-order valence-electron chi connectivity index (χ2n) is 4.07. The molecule has 0 bridgehead atoms. The fraction of sp³-hybridized carbons (Fsp3) is 0.308. The number of benzene rings is 1. The van der Waals surface area contributed by atoms with Crippen LogP contribution in [0.2, 0.25) is 0 Å². The molecule has 1 N–H and O–H groups in total. The van der Waals surface area contributed by atoms with Crippen LogP contribution < -0.4 is 14.8 Å². The van der Waals surface area contributed by atoms with Crippen LogP contribution in [0.1, 0.15) is 6.92 Å². The minimum Gasteiger partial charge on any atom is -0.485 e. The summed E-state index contributed by atoms with van der Waals surface area (Å²) >= 11 is 0. The number of hydrogen-bond donors (Lipinski definition) is 1. The van der Waals surface area contributed by atoms with Gasteiger partial charge in [0, 0.05) is 6.54 Å².